The predicted octanol–water partition coefficient (Wildman–Crippen LogP) is 3.78. The van der Waals surface area contributed by atoms with Crippen molar-refractivity contribution in [2.45, 2.75) is 18.8 Å². The number of benzene rings is 2. The molecule has 0 spiro atoms. The van der Waals surface area contributed by atoms with Crippen molar-refractivity contribution in [1.82, 2.24) is 15.0 Å². The van der Waals surface area contributed by atoms with Crippen LogP contribution in [0.1, 0.15) is 34.9 Å². The number of aromatic nitrogens is 2. The summed E-state index contributed by atoms with van der Waals surface area (Å²) in [6, 6.07) is 12.7. The number of piperidine rings is 1. The first-order valence-corrected chi connectivity index (χ1v) is 10.1. The first-order chi connectivity index (χ1) is 15.1. The van der Waals surface area contributed by atoms with E-state index in [1.165, 1.54) is 0 Å². The van der Waals surface area contributed by atoms with Crippen LogP contribution < -0.4 is 14.2 Å². The molecular weight excluding hydrogens is 398 g/mol. The summed E-state index contributed by atoms with van der Waals surface area (Å²) in [6.45, 7) is 1.21. The molecule has 1 aliphatic heterocycles. The van der Waals surface area contributed by atoms with Gasteiger partial charge in [-0.2, -0.15) is 4.98 Å². The fourth-order valence-electron chi connectivity index (χ4n) is 3.86. The van der Waals surface area contributed by atoms with Crippen LogP contribution in [0.15, 0.2) is 47.0 Å². The molecule has 0 radical (unpaired) electrons. The summed E-state index contributed by atoms with van der Waals surface area (Å²) in [5.41, 5.74) is 1.30. The van der Waals surface area contributed by atoms with E-state index in [1.54, 1.807) is 39.5 Å². The summed E-state index contributed by atoms with van der Waals surface area (Å²) < 4.78 is 21.5. The first-order valence-electron chi connectivity index (χ1n) is 10.1. The van der Waals surface area contributed by atoms with Crippen LogP contribution in [0.4, 0.5) is 0 Å². The summed E-state index contributed by atoms with van der Waals surface area (Å²) in [7, 11) is 4.73. The van der Waals surface area contributed by atoms with E-state index >= 15 is 0 Å². The van der Waals surface area contributed by atoms with Crippen molar-refractivity contribution in [2.24, 2.45) is 0 Å². The highest BCUT2D eigenvalue weighted by atomic mass is 16.5. The van der Waals surface area contributed by atoms with Crippen LogP contribution in [0.3, 0.4) is 0 Å². The normalized spacial score (nSPS) is 16.1. The molecule has 0 N–H and O–H groups in total. The number of nitrogens with zero attached hydrogens (tertiary/aromatic N) is 3. The predicted molar refractivity (Wildman–Crippen MR) is 114 cm³/mol. The third-order valence-electron chi connectivity index (χ3n) is 5.48. The molecule has 1 atom stereocenters. The Labute approximate surface area is 180 Å². The quantitative estimate of drug-likeness (QED) is 0.596. The lowest BCUT2D eigenvalue weighted by Crippen LogP contribution is -2.39. The number of amides is 1. The number of hydrogen-bond acceptors (Lipinski definition) is 7. The Bertz CT molecular complexity index is 1060. The highest BCUT2D eigenvalue weighted by molar-refractivity contribution is 5.95. The van der Waals surface area contributed by atoms with Crippen LogP contribution in [-0.2, 0) is 0 Å². The number of hydrogen-bond donors (Lipinski definition) is 0. The minimum atomic E-state index is -0.0564. The first kappa shape index (κ1) is 20.7. The number of rotatable bonds is 6. The lowest BCUT2D eigenvalue weighted by Gasteiger charge is -2.31. The summed E-state index contributed by atoms with van der Waals surface area (Å²) >= 11 is 0. The fraction of sp³-hybridized carbons (Fsp3) is 0.348. The largest absolute Gasteiger partial charge is 0.496 e. The molecule has 0 bridgehead atoms. The lowest BCUT2D eigenvalue weighted by atomic mass is 9.96. The molecule has 31 heavy (non-hydrogen) atoms. The van der Waals surface area contributed by atoms with Crippen molar-refractivity contribution in [3.63, 3.8) is 0 Å². The van der Waals surface area contributed by atoms with Gasteiger partial charge in [-0.3, -0.25) is 4.79 Å². The smallest absolute Gasteiger partial charge is 0.261 e. The summed E-state index contributed by atoms with van der Waals surface area (Å²) in [4.78, 5) is 19.5. The maximum Gasteiger partial charge on any atom is 0.261 e. The monoisotopic (exact) mass is 423 g/mol. The van der Waals surface area contributed by atoms with Gasteiger partial charge in [0.25, 0.3) is 11.8 Å². The highest BCUT2D eigenvalue weighted by Crippen LogP contribution is 2.32. The molecule has 4 rings (SSSR count). The van der Waals surface area contributed by atoms with E-state index < -0.39 is 0 Å². The molecule has 1 saturated heterocycles. The van der Waals surface area contributed by atoms with E-state index in [2.05, 4.69) is 10.1 Å². The van der Waals surface area contributed by atoms with Gasteiger partial charge >= 0.3 is 0 Å². The molecule has 8 nitrogen and oxygen atoms in total. The lowest BCUT2D eigenvalue weighted by molar-refractivity contribution is 0.0703. The molecule has 1 fully saturated rings. The van der Waals surface area contributed by atoms with Gasteiger partial charge < -0.3 is 23.6 Å². The van der Waals surface area contributed by atoms with Gasteiger partial charge in [0.15, 0.2) is 17.3 Å². The second-order valence-corrected chi connectivity index (χ2v) is 7.32. The van der Waals surface area contributed by atoms with Crippen LogP contribution in [-0.4, -0.2) is 55.4 Å². The zero-order chi connectivity index (χ0) is 21.8. The number of carbonyl (C=O) groups is 1. The van der Waals surface area contributed by atoms with Crippen LogP contribution >= 0.6 is 0 Å². The molecule has 0 unspecified atom stereocenters. The van der Waals surface area contributed by atoms with Crippen molar-refractivity contribution in [3.8, 4) is 28.7 Å². The number of carbonyl (C=O) groups excluding carboxylic acids is 1. The Kier molecular flexibility index (Phi) is 6.06. The Hall–Kier alpha value is -3.55. The average molecular weight is 423 g/mol. The van der Waals surface area contributed by atoms with Crippen molar-refractivity contribution in [2.75, 3.05) is 34.4 Å². The maximum absolute atomic E-state index is 13.1. The topological polar surface area (TPSA) is 86.9 Å². The minimum Gasteiger partial charge on any atom is -0.496 e. The number of para-hydroxylation sites is 1. The Balaban J connectivity index is 1.52. The molecule has 2 heterocycles. The third-order valence-corrected chi connectivity index (χ3v) is 5.48. The number of likely N-dealkylation sites (tertiary alicyclic amines) is 1. The fourth-order valence-corrected chi connectivity index (χ4v) is 3.86. The molecule has 2 aromatic carbocycles. The molecule has 0 saturated carbocycles. The number of ether oxygens (including phenoxy) is 3. The highest BCUT2D eigenvalue weighted by Gasteiger charge is 2.29. The van der Waals surface area contributed by atoms with Gasteiger partial charge in [0, 0.05) is 24.6 Å². The van der Waals surface area contributed by atoms with E-state index in [-0.39, 0.29) is 11.8 Å². The minimum absolute atomic E-state index is 0.00468. The molecule has 1 aliphatic rings. The number of methoxy groups -OCH3 is 3. The molecule has 3 aromatic rings. The van der Waals surface area contributed by atoms with Crippen LogP contribution in [0.5, 0.6) is 17.2 Å². The van der Waals surface area contributed by atoms with Gasteiger partial charge in [-0.1, -0.05) is 17.3 Å². The van der Waals surface area contributed by atoms with E-state index in [4.69, 9.17) is 18.7 Å². The summed E-state index contributed by atoms with van der Waals surface area (Å²) in [5.74, 6) is 2.75. The summed E-state index contributed by atoms with van der Waals surface area (Å²) in [5, 5.41) is 4.19. The molecule has 1 aromatic heterocycles. The van der Waals surface area contributed by atoms with Crippen molar-refractivity contribution in [3.05, 3.63) is 53.9 Å². The van der Waals surface area contributed by atoms with Gasteiger partial charge in [-0.15, -0.1) is 0 Å². The Morgan fingerprint density at radius 1 is 1.03 bits per heavy atom. The molecule has 1 amide bonds. The van der Waals surface area contributed by atoms with Gasteiger partial charge in [-0.25, -0.2) is 0 Å². The van der Waals surface area contributed by atoms with E-state index in [0.717, 1.165) is 18.4 Å². The van der Waals surface area contributed by atoms with E-state index in [9.17, 15) is 4.79 Å². The summed E-state index contributed by atoms with van der Waals surface area (Å²) in [6.07, 6.45) is 1.75. The zero-order valence-electron chi connectivity index (χ0n) is 17.8. The van der Waals surface area contributed by atoms with E-state index in [0.29, 0.717) is 47.6 Å². The standard InChI is InChI=1S/C23H25N3O5/c1-28-18-9-5-4-8-17(18)22-24-21(25-31-22)16-7-6-12-26(14-16)23(27)15-10-11-19(29-2)20(13-15)30-3/h4-5,8-11,13,16H,6-7,12,14H2,1-3H3/t16-/m1/s1. The van der Waals surface area contributed by atoms with E-state index in [1.807, 2.05) is 29.2 Å². The van der Waals surface area contributed by atoms with Gasteiger partial charge in [0.1, 0.15) is 5.75 Å². The molecule has 8 heteroatoms. The van der Waals surface area contributed by atoms with Gasteiger partial charge in [0.2, 0.25) is 0 Å². The second kappa shape index (κ2) is 9.07. The van der Waals surface area contributed by atoms with Crippen LogP contribution in [0.2, 0.25) is 0 Å². The average Bonchev–Trinajstić information content (AvgIpc) is 3.33. The molecular formula is C23H25N3O5. The molecule has 162 valence electrons. The zero-order valence-corrected chi connectivity index (χ0v) is 17.8. The van der Waals surface area contributed by atoms with Gasteiger partial charge in [-0.05, 0) is 43.2 Å². The molecule has 0 aliphatic carbocycles. The van der Waals surface area contributed by atoms with Crippen molar-refractivity contribution >= 4 is 5.91 Å². The van der Waals surface area contributed by atoms with Crippen molar-refractivity contribution in [1.29, 1.82) is 0 Å². The van der Waals surface area contributed by atoms with Crippen molar-refractivity contribution < 1.29 is 23.5 Å². The SMILES string of the molecule is COc1ccc(C(=O)N2CCC[C@@H](c3noc(-c4ccccc4OC)n3)C2)cc1OC. The Morgan fingerprint density at radius 3 is 2.58 bits per heavy atom. The van der Waals surface area contributed by atoms with Crippen LogP contribution in [0.25, 0.3) is 11.5 Å². The van der Waals surface area contributed by atoms with Crippen LogP contribution in [0, 0.1) is 0 Å². The third kappa shape index (κ3) is 4.19. The second-order valence-electron chi connectivity index (χ2n) is 7.32. The maximum atomic E-state index is 13.1. The van der Waals surface area contributed by atoms with Gasteiger partial charge in [0.05, 0.1) is 26.9 Å². The Morgan fingerprint density at radius 2 is 1.81 bits per heavy atom.